The van der Waals surface area contributed by atoms with E-state index in [1.165, 1.54) is 23.9 Å². The van der Waals surface area contributed by atoms with Crippen molar-refractivity contribution >= 4 is 29.0 Å². The minimum absolute atomic E-state index is 0.170. The van der Waals surface area contributed by atoms with Gasteiger partial charge in [-0.2, -0.15) is 0 Å². The largest absolute Gasteiger partial charge is 0.397 e. The van der Waals surface area contributed by atoms with Gasteiger partial charge in [-0.15, -0.1) is 10.2 Å². The molecule has 6 nitrogen and oxygen atoms in total. The molecule has 1 heterocycles. The molecule has 1 amide bonds. The van der Waals surface area contributed by atoms with Crippen LogP contribution in [0.1, 0.15) is 0 Å². The summed E-state index contributed by atoms with van der Waals surface area (Å²) in [4.78, 5) is 11.7. The average Bonchev–Trinajstić information content (AvgIpc) is 2.76. The maximum Gasteiger partial charge on any atom is 0.234 e. The topological polar surface area (TPSA) is 85.8 Å². The molecule has 0 saturated carbocycles. The van der Waals surface area contributed by atoms with Gasteiger partial charge in [-0.05, 0) is 18.2 Å². The minimum Gasteiger partial charge on any atom is -0.397 e. The van der Waals surface area contributed by atoms with E-state index in [0.717, 1.165) is 6.07 Å². The number of hydrogen-bond donors (Lipinski definition) is 2. The van der Waals surface area contributed by atoms with Crippen molar-refractivity contribution in [2.24, 2.45) is 7.05 Å². The van der Waals surface area contributed by atoms with Crippen LogP contribution < -0.4 is 11.1 Å². The Labute approximate surface area is 113 Å². The fraction of sp³-hybridized carbons (Fsp3) is 0.182. The third-order valence-electron chi connectivity index (χ3n) is 2.29. The number of halogens is 1. The molecule has 0 atom stereocenters. The SMILES string of the molecule is Cn1cnnc1SCC(=O)Nc1ccc(F)cc1N. The van der Waals surface area contributed by atoms with Crippen molar-refractivity contribution in [3.8, 4) is 0 Å². The van der Waals surface area contributed by atoms with Crippen molar-refractivity contribution in [3.05, 3.63) is 30.3 Å². The number of benzene rings is 1. The highest BCUT2D eigenvalue weighted by Crippen LogP contribution is 2.20. The van der Waals surface area contributed by atoms with Crippen LogP contribution in [0, 0.1) is 5.82 Å². The Hall–Kier alpha value is -2.09. The van der Waals surface area contributed by atoms with Gasteiger partial charge in [0.1, 0.15) is 12.1 Å². The Morgan fingerprint density at radius 3 is 3.00 bits per heavy atom. The molecule has 0 aliphatic carbocycles. The zero-order chi connectivity index (χ0) is 13.8. The molecule has 0 aliphatic rings. The number of nitrogens with zero attached hydrogens (tertiary/aromatic N) is 3. The van der Waals surface area contributed by atoms with Crippen LogP contribution in [0.25, 0.3) is 0 Å². The van der Waals surface area contributed by atoms with Crippen LogP contribution in [0.2, 0.25) is 0 Å². The van der Waals surface area contributed by atoms with Crippen molar-refractivity contribution in [1.29, 1.82) is 0 Å². The van der Waals surface area contributed by atoms with Crippen LogP contribution in [0.3, 0.4) is 0 Å². The van der Waals surface area contributed by atoms with Crippen molar-refractivity contribution in [3.63, 3.8) is 0 Å². The quantitative estimate of drug-likeness (QED) is 0.651. The third-order valence-corrected chi connectivity index (χ3v) is 3.32. The van der Waals surface area contributed by atoms with Crippen molar-refractivity contribution in [1.82, 2.24) is 14.8 Å². The summed E-state index contributed by atoms with van der Waals surface area (Å²) in [5.74, 6) is -0.515. The number of aromatic nitrogens is 3. The molecule has 3 N–H and O–H groups in total. The first-order valence-corrected chi connectivity index (χ1v) is 6.36. The maximum atomic E-state index is 12.8. The van der Waals surface area contributed by atoms with Crippen molar-refractivity contribution in [2.45, 2.75) is 5.16 Å². The lowest BCUT2D eigenvalue weighted by Crippen LogP contribution is -2.15. The zero-order valence-electron chi connectivity index (χ0n) is 10.1. The monoisotopic (exact) mass is 281 g/mol. The Balaban J connectivity index is 1.93. The van der Waals surface area contributed by atoms with Gasteiger partial charge in [0.2, 0.25) is 5.91 Å². The highest BCUT2D eigenvalue weighted by molar-refractivity contribution is 7.99. The number of carbonyl (C=O) groups excluding carboxylic acids is 1. The van der Waals surface area contributed by atoms with Gasteiger partial charge in [0.05, 0.1) is 17.1 Å². The van der Waals surface area contributed by atoms with E-state index in [9.17, 15) is 9.18 Å². The smallest absolute Gasteiger partial charge is 0.234 e. The van der Waals surface area contributed by atoms with E-state index in [0.29, 0.717) is 10.8 Å². The van der Waals surface area contributed by atoms with E-state index in [1.54, 1.807) is 17.9 Å². The Morgan fingerprint density at radius 2 is 2.37 bits per heavy atom. The highest BCUT2D eigenvalue weighted by Gasteiger charge is 2.09. The standard InChI is InChI=1S/C11H12FN5OS/c1-17-6-14-16-11(17)19-5-10(18)15-9-3-2-7(12)4-8(9)13/h2-4,6H,5,13H2,1H3,(H,15,18). The summed E-state index contributed by atoms with van der Waals surface area (Å²) in [6.07, 6.45) is 1.55. The van der Waals surface area contributed by atoms with Gasteiger partial charge < -0.3 is 15.6 Å². The fourth-order valence-corrected chi connectivity index (χ4v) is 2.06. The van der Waals surface area contributed by atoms with E-state index in [-0.39, 0.29) is 17.3 Å². The lowest BCUT2D eigenvalue weighted by molar-refractivity contribution is -0.113. The van der Waals surface area contributed by atoms with Crippen LogP contribution >= 0.6 is 11.8 Å². The molecule has 8 heteroatoms. The average molecular weight is 281 g/mol. The van der Waals surface area contributed by atoms with Crippen LogP contribution in [0.4, 0.5) is 15.8 Å². The number of amides is 1. The molecule has 0 spiro atoms. The second-order valence-electron chi connectivity index (χ2n) is 3.79. The number of nitrogens with one attached hydrogen (secondary N) is 1. The number of carbonyl (C=O) groups is 1. The predicted molar refractivity (Wildman–Crippen MR) is 71.2 cm³/mol. The van der Waals surface area contributed by atoms with Gasteiger partial charge in [0.15, 0.2) is 5.16 Å². The maximum absolute atomic E-state index is 12.8. The molecular formula is C11H12FN5OS. The van der Waals surface area contributed by atoms with Crippen molar-refractivity contribution < 1.29 is 9.18 Å². The first-order valence-electron chi connectivity index (χ1n) is 5.38. The molecule has 2 rings (SSSR count). The number of anilines is 2. The van der Waals surface area contributed by atoms with Crippen LogP contribution in [-0.4, -0.2) is 26.4 Å². The summed E-state index contributed by atoms with van der Waals surface area (Å²) in [6, 6.07) is 3.82. The van der Waals surface area contributed by atoms with E-state index in [4.69, 9.17) is 5.73 Å². The molecule has 1 aromatic heterocycles. The summed E-state index contributed by atoms with van der Waals surface area (Å²) >= 11 is 1.25. The van der Waals surface area contributed by atoms with Crippen LogP contribution in [0.5, 0.6) is 0 Å². The normalized spacial score (nSPS) is 10.4. The lowest BCUT2D eigenvalue weighted by Gasteiger charge is -2.07. The van der Waals surface area contributed by atoms with Gasteiger partial charge in [-0.1, -0.05) is 11.8 Å². The second kappa shape index (κ2) is 5.70. The minimum atomic E-state index is -0.441. The fourth-order valence-electron chi connectivity index (χ4n) is 1.37. The Bertz CT molecular complexity index is 601. The molecule has 1 aromatic carbocycles. The van der Waals surface area contributed by atoms with E-state index >= 15 is 0 Å². The molecular weight excluding hydrogens is 269 g/mol. The number of aryl methyl sites for hydroxylation is 1. The molecule has 0 fully saturated rings. The summed E-state index contributed by atoms with van der Waals surface area (Å²) in [7, 11) is 1.79. The second-order valence-corrected chi connectivity index (χ2v) is 4.74. The molecule has 0 bridgehead atoms. The van der Waals surface area contributed by atoms with Crippen molar-refractivity contribution in [2.75, 3.05) is 16.8 Å². The summed E-state index contributed by atoms with van der Waals surface area (Å²) < 4.78 is 14.6. The summed E-state index contributed by atoms with van der Waals surface area (Å²) in [5, 5.41) is 10.8. The molecule has 100 valence electrons. The van der Waals surface area contributed by atoms with E-state index in [2.05, 4.69) is 15.5 Å². The summed E-state index contributed by atoms with van der Waals surface area (Å²) in [5.41, 5.74) is 6.18. The zero-order valence-corrected chi connectivity index (χ0v) is 10.9. The lowest BCUT2D eigenvalue weighted by atomic mass is 10.2. The van der Waals surface area contributed by atoms with E-state index < -0.39 is 5.82 Å². The number of thioether (sulfide) groups is 1. The number of rotatable bonds is 4. The van der Waals surface area contributed by atoms with Gasteiger partial charge in [-0.25, -0.2) is 4.39 Å². The van der Waals surface area contributed by atoms with Crippen LogP contribution in [0.15, 0.2) is 29.7 Å². The Kier molecular flexibility index (Phi) is 4.00. The number of nitrogen functional groups attached to an aromatic ring is 1. The Morgan fingerprint density at radius 1 is 1.58 bits per heavy atom. The van der Waals surface area contributed by atoms with Gasteiger partial charge in [0.25, 0.3) is 0 Å². The molecule has 0 radical (unpaired) electrons. The van der Waals surface area contributed by atoms with Gasteiger partial charge in [-0.3, -0.25) is 4.79 Å². The first kappa shape index (κ1) is 13.3. The first-order chi connectivity index (χ1) is 9.06. The highest BCUT2D eigenvalue weighted by atomic mass is 32.2. The van der Waals surface area contributed by atoms with Gasteiger partial charge in [0, 0.05) is 7.05 Å². The molecule has 19 heavy (non-hydrogen) atoms. The molecule has 0 unspecified atom stereocenters. The summed E-state index contributed by atoms with van der Waals surface area (Å²) in [6.45, 7) is 0. The number of hydrogen-bond acceptors (Lipinski definition) is 5. The van der Waals surface area contributed by atoms with Gasteiger partial charge >= 0.3 is 0 Å². The molecule has 2 aromatic rings. The number of nitrogens with two attached hydrogens (primary N) is 1. The molecule has 0 aliphatic heterocycles. The third kappa shape index (κ3) is 3.44. The molecule has 0 saturated heterocycles. The van der Waals surface area contributed by atoms with E-state index in [1.807, 2.05) is 0 Å². The predicted octanol–water partition coefficient (Wildman–Crippen LogP) is 1.27. The van der Waals surface area contributed by atoms with Crippen LogP contribution in [-0.2, 0) is 11.8 Å².